The second kappa shape index (κ2) is 7.15. The Kier molecular flexibility index (Phi) is 5.69. The van der Waals surface area contributed by atoms with Crippen molar-refractivity contribution < 1.29 is 4.52 Å². The van der Waals surface area contributed by atoms with Gasteiger partial charge >= 0.3 is 0 Å². The van der Waals surface area contributed by atoms with Crippen molar-refractivity contribution in [2.24, 2.45) is 5.73 Å². The average molecular weight is 364 g/mol. The molecule has 22 heavy (non-hydrogen) atoms. The van der Waals surface area contributed by atoms with Crippen molar-refractivity contribution in [1.82, 2.24) is 15.0 Å². The Labute approximate surface area is 145 Å². The van der Waals surface area contributed by atoms with Gasteiger partial charge in [0.25, 0.3) is 0 Å². The molecule has 0 fully saturated rings. The van der Waals surface area contributed by atoms with Crippen LogP contribution in [-0.2, 0) is 19.5 Å². The maximum Gasteiger partial charge on any atom is 0.240 e. The summed E-state index contributed by atoms with van der Waals surface area (Å²) in [7, 11) is 0. The molecule has 2 N–H and O–H groups in total. The number of benzene rings is 1. The van der Waals surface area contributed by atoms with Gasteiger partial charge in [-0.2, -0.15) is 4.98 Å². The highest BCUT2D eigenvalue weighted by Crippen LogP contribution is 2.36. The number of nitrogens with two attached hydrogens (primary N) is 1. The number of halogens is 3. The monoisotopic (exact) mass is 362 g/mol. The molecule has 1 atom stereocenters. The van der Waals surface area contributed by atoms with E-state index in [0.29, 0.717) is 23.3 Å². The molecule has 0 amide bonds. The Bertz CT molecular complexity index is 662. The SMILES string of the molecule is CC1c2cc(Cl)cc(Cl)c2CCN1Cc1noc(CN)n1.Cl. The highest BCUT2D eigenvalue weighted by atomic mass is 35.5. The number of aromatic nitrogens is 2. The van der Waals surface area contributed by atoms with Gasteiger partial charge in [-0.25, -0.2) is 0 Å². The van der Waals surface area contributed by atoms with Gasteiger partial charge in [0.05, 0.1) is 13.1 Å². The summed E-state index contributed by atoms with van der Waals surface area (Å²) < 4.78 is 5.04. The fourth-order valence-corrected chi connectivity index (χ4v) is 3.34. The standard InChI is InChI=1S/C14H16Cl2N4O.ClH/c1-8-11-4-9(15)5-12(16)10(11)2-3-20(8)7-13-18-14(6-17)21-19-13;/h4-5,8H,2-3,6-7,17H2,1H3;1H. The number of fused-ring (bicyclic) bond motifs is 1. The second-order valence-corrected chi connectivity index (χ2v) is 6.00. The minimum atomic E-state index is 0. The highest BCUT2D eigenvalue weighted by molar-refractivity contribution is 6.35. The number of nitrogens with zero attached hydrogens (tertiary/aromatic N) is 3. The molecule has 1 aromatic heterocycles. The van der Waals surface area contributed by atoms with Crippen molar-refractivity contribution in [3.05, 3.63) is 45.0 Å². The molecule has 0 spiro atoms. The minimum Gasteiger partial charge on any atom is -0.338 e. The quantitative estimate of drug-likeness (QED) is 0.905. The molecule has 1 aromatic carbocycles. The van der Waals surface area contributed by atoms with E-state index in [1.165, 1.54) is 11.1 Å². The van der Waals surface area contributed by atoms with Gasteiger partial charge in [-0.1, -0.05) is 28.4 Å². The van der Waals surface area contributed by atoms with Crippen LogP contribution in [-0.4, -0.2) is 21.6 Å². The zero-order valence-electron chi connectivity index (χ0n) is 12.1. The Morgan fingerprint density at radius 3 is 2.86 bits per heavy atom. The Morgan fingerprint density at radius 1 is 1.41 bits per heavy atom. The first kappa shape index (κ1) is 17.5. The number of rotatable bonds is 3. The van der Waals surface area contributed by atoms with Crippen molar-refractivity contribution >= 4 is 35.6 Å². The first-order valence-electron chi connectivity index (χ1n) is 6.82. The van der Waals surface area contributed by atoms with Crippen molar-refractivity contribution in [3.8, 4) is 0 Å². The van der Waals surface area contributed by atoms with E-state index in [2.05, 4.69) is 22.0 Å². The van der Waals surface area contributed by atoms with Gasteiger partial charge in [0.2, 0.25) is 5.89 Å². The molecule has 120 valence electrons. The fraction of sp³-hybridized carbons (Fsp3) is 0.429. The lowest BCUT2D eigenvalue weighted by molar-refractivity contribution is 0.182. The summed E-state index contributed by atoms with van der Waals surface area (Å²) in [6.07, 6.45) is 0.886. The van der Waals surface area contributed by atoms with E-state index in [0.717, 1.165) is 18.0 Å². The Hall–Kier alpha value is -0.850. The van der Waals surface area contributed by atoms with Gasteiger partial charge in [0, 0.05) is 22.6 Å². The third kappa shape index (κ3) is 3.39. The molecule has 1 unspecified atom stereocenters. The summed E-state index contributed by atoms with van der Waals surface area (Å²) >= 11 is 12.4. The first-order chi connectivity index (χ1) is 10.1. The minimum absolute atomic E-state index is 0. The zero-order chi connectivity index (χ0) is 15.0. The van der Waals surface area contributed by atoms with Gasteiger partial charge in [0.15, 0.2) is 5.82 Å². The lowest BCUT2D eigenvalue weighted by Gasteiger charge is -2.35. The molecule has 3 rings (SSSR count). The molecule has 1 aliphatic heterocycles. The van der Waals surface area contributed by atoms with Crippen LogP contribution in [0.4, 0.5) is 0 Å². The van der Waals surface area contributed by atoms with Crippen LogP contribution in [0.1, 0.15) is 35.8 Å². The van der Waals surface area contributed by atoms with Crippen molar-refractivity contribution in [2.45, 2.75) is 32.5 Å². The Morgan fingerprint density at radius 2 is 2.18 bits per heavy atom. The van der Waals surface area contributed by atoms with E-state index in [-0.39, 0.29) is 25.0 Å². The predicted molar refractivity (Wildman–Crippen MR) is 88.4 cm³/mol. The van der Waals surface area contributed by atoms with E-state index >= 15 is 0 Å². The fourth-order valence-electron chi connectivity index (χ4n) is 2.74. The van der Waals surface area contributed by atoms with Crippen LogP contribution in [0.3, 0.4) is 0 Å². The summed E-state index contributed by atoms with van der Waals surface area (Å²) in [5, 5.41) is 5.36. The largest absolute Gasteiger partial charge is 0.338 e. The molecule has 5 nitrogen and oxygen atoms in total. The lowest BCUT2D eigenvalue weighted by atomic mass is 9.93. The van der Waals surface area contributed by atoms with Crippen LogP contribution in [0, 0.1) is 0 Å². The van der Waals surface area contributed by atoms with Crippen LogP contribution < -0.4 is 5.73 Å². The first-order valence-corrected chi connectivity index (χ1v) is 7.57. The molecule has 0 bridgehead atoms. The van der Waals surface area contributed by atoms with Gasteiger partial charge in [-0.05, 0) is 36.6 Å². The average Bonchev–Trinajstić information content (AvgIpc) is 2.90. The maximum atomic E-state index is 6.29. The second-order valence-electron chi connectivity index (χ2n) is 5.16. The molecule has 0 saturated carbocycles. The third-order valence-corrected chi connectivity index (χ3v) is 4.43. The number of hydrogen-bond donors (Lipinski definition) is 1. The molecule has 2 heterocycles. The summed E-state index contributed by atoms with van der Waals surface area (Å²) in [6.45, 7) is 3.90. The van der Waals surface area contributed by atoms with Crippen LogP contribution in [0.2, 0.25) is 10.0 Å². The summed E-state index contributed by atoms with van der Waals surface area (Å²) in [6, 6.07) is 3.99. The molecule has 8 heteroatoms. The maximum absolute atomic E-state index is 6.29. The van der Waals surface area contributed by atoms with E-state index in [1.54, 1.807) is 6.07 Å². The van der Waals surface area contributed by atoms with Gasteiger partial charge in [-0.3, -0.25) is 4.90 Å². The number of hydrogen-bond acceptors (Lipinski definition) is 5. The van der Waals surface area contributed by atoms with E-state index in [1.807, 2.05) is 6.07 Å². The summed E-state index contributed by atoms with van der Waals surface area (Å²) in [4.78, 5) is 6.53. The molecule has 0 radical (unpaired) electrons. The molecule has 0 saturated heterocycles. The molecule has 2 aromatic rings. The molecular weight excluding hydrogens is 347 g/mol. The van der Waals surface area contributed by atoms with E-state index in [4.69, 9.17) is 33.5 Å². The predicted octanol–water partition coefficient (Wildman–Crippen LogP) is 3.38. The normalized spacial score (nSPS) is 17.9. The molecule has 1 aliphatic rings. The van der Waals surface area contributed by atoms with Crippen molar-refractivity contribution in [1.29, 1.82) is 0 Å². The smallest absolute Gasteiger partial charge is 0.240 e. The van der Waals surface area contributed by atoms with Crippen LogP contribution in [0.25, 0.3) is 0 Å². The summed E-state index contributed by atoms with van der Waals surface area (Å²) in [5.74, 6) is 1.11. The van der Waals surface area contributed by atoms with Crippen LogP contribution in [0.5, 0.6) is 0 Å². The zero-order valence-corrected chi connectivity index (χ0v) is 14.4. The van der Waals surface area contributed by atoms with E-state index in [9.17, 15) is 0 Å². The van der Waals surface area contributed by atoms with Crippen LogP contribution in [0.15, 0.2) is 16.7 Å². The van der Waals surface area contributed by atoms with Gasteiger partial charge in [-0.15, -0.1) is 12.4 Å². The Balaban J connectivity index is 0.00000176. The summed E-state index contributed by atoms with van der Waals surface area (Å²) in [5.41, 5.74) is 7.83. The highest BCUT2D eigenvalue weighted by Gasteiger charge is 2.27. The molecule has 0 aliphatic carbocycles. The molecular formula is C14H17Cl3N4O. The van der Waals surface area contributed by atoms with Crippen LogP contribution >= 0.6 is 35.6 Å². The van der Waals surface area contributed by atoms with Crippen molar-refractivity contribution in [2.75, 3.05) is 6.54 Å². The van der Waals surface area contributed by atoms with Gasteiger partial charge < -0.3 is 10.3 Å². The van der Waals surface area contributed by atoms with Gasteiger partial charge in [0.1, 0.15) is 0 Å². The van der Waals surface area contributed by atoms with E-state index < -0.39 is 0 Å². The van der Waals surface area contributed by atoms with Crippen molar-refractivity contribution in [3.63, 3.8) is 0 Å². The topological polar surface area (TPSA) is 68.2 Å². The third-order valence-electron chi connectivity index (χ3n) is 3.87. The lowest BCUT2D eigenvalue weighted by Crippen LogP contribution is -2.34.